The number of hydrogen-bond donors (Lipinski definition) is 2. The summed E-state index contributed by atoms with van der Waals surface area (Å²) in [7, 11) is 0. The molecule has 1 aromatic carbocycles. The quantitative estimate of drug-likeness (QED) is 0.596. The number of nitrogens with zero attached hydrogens (tertiary/aromatic N) is 3. The summed E-state index contributed by atoms with van der Waals surface area (Å²) < 4.78 is 1.67. The predicted molar refractivity (Wildman–Crippen MR) is 84.6 cm³/mol. The number of rotatable bonds is 2. The zero-order valence-corrected chi connectivity index (χ0v) is 11.9. The van der Waals surface area contributed by atoms with Gasteiger partial charge < -0.3 is 4.98 Å². The van der Waals surface area contributed by atoms with Gasteiger partial charge in [0.05, 0.1) is 0 Å². The van der Waals surface area contributed by atoms with Crippen LogP contribution in [0.5, 0.6) is 0 Å². The molecule has 3 aromatic heterocycles. The molecule has 0 saturated carbocycles. The normalized spacial score (nSPS) is 11.1. The van der Waals surface area contributed by atoms with E-state index in [9.17, 15) is 4.79 Å². The summed E-state index contributed by atoms with van der Waals surface area (Å²) in [6.07, 6.45) is 3.84. The lowest BCUT2D eigenvalue weighted by atomic mass is 10.0. The van der Waals surface area contributed by atoms with E-state index in [4.69, 9.17) is 0 Å². The highest BCUT2D eigenvalue weighted by Crippen LogP contribution is 2.28. The number of nitrogens with one attached hydrogen (secondary N) is 2. The third-order valence-corrected chi connectivity index (χ3v) is 3.52. The first-order valence-electron chi connectivity index (χ1n) is 6.91. The van der Waals surface area contributed by atoms with Gasteiger partial charge in [0.2, 0.25) is 11.9 Å². The average Bonchev–Trinajstić information content (AvgIpc) is 3.10. The molecule has 108 valence electrons. The van der Waals surface area contributed by atoms with Crippen molar-refractivity contribution in [2.75, 3.05) is 5.32 Å². The molecule has 0 unspecified atom stereocenters. The summed E-state index contributed by atoms with van der Waals surface area (Å²) in [5.41, 5.74) is 3.94. The topological polar surface area (TPSA) is 75.1 Å². The number of aromatic nitrogens is 4. The van der Waals surface area contributed by atoms with Crippen molar-refractivity contribution in [3.63, 3.8) is 0 Å². The van der Waals surface area contributed by atoms with Crippen LogP contribution in [0.2, 0.25) is 0 Å². The van der Waals surface area contributed by atoms with Crippen molar-refractivity contribution in [3.05, 3.63) is 48.8 Å². The van der Waals surface area contributed by atoms with Crippen molar-refractivity contribution in [1.29, 1.82) is 0 Å². The first-order chi connectivity index (χ1) is 10.7. The third kappa shape index (κ3) is 2.01. The monoisotopic (exact) mass is 291 g/mol. The Labute approximate surface area is 125 Å². The van der Waals surface area contributed by atoms with Crippen molar-refractivity contribution < 1.29 is 4.79 Å². The van der Waals surface area contributed by atoms with Gasteiger partial charge in [-0.2, -0.15) is 4.98 Å². The first kappa shape index (κ1) is 12.6. The highest BCUT2D eigenvalue weighted by molar-refractivity contribution is 5.95. The largest absolute Gasteiger partial charge is 0.361 e. The number of carbonyl (C=O) groups is 1. The molecule has 0 saturated heterocycles. The Bertz CT molecular complexity index is 998. The highest BCUT2D eigenvalue weighted by atomic mass is 16.1. The Morgan fingerprint density at radius 1 is 1.23 bits per heavy atom. The van der Waals surface area contributed by atoms with Crippen molar-refractivity contribution in [3.8, 4) is 11.1 Å². The van der Waals surface area contributed by atoms with Gasteiger partial charge >= 0.3 is 0 Å². The van der Waals surface area contributed by atoms with E-state index in [1.807, 2.05) is 36.7 Å². The van der Waals surface area contributed by atoms with E-state index in [0.717, 1.165) is 22.0 Å². The fourth-order valence-electron chi connectivity index (χ4n) is 2.59. The van der Waals surface area contributed by atoms with Gasteiger partial charge in [-0.3, -0.25) is 10.1 Å². The second kappa shape index (κ2) is 4.70. The summed E-state index contributed by atoms with van der Waals surface area (Å²) in [5.74, 6) is 0.123. The molecule has 4 aromatic rings. The molecule has 0 aliphatic heterocycles. The van der Waals surface area contributed by atoms with Crippen LogP contribution in [-0.4, -0.2) is 25.5 Å². The second-order valence-electron chi connectivity index (χ2n) is 5.08. The number of hydrogen-bond acceptors (Lipinski definition) is 3. The van der Waals surface area contributed by atoms with Crippen LogP contribution in [0.4, 0.5) is 5.95 Å². The fourth-order valence-corrected chi connectivity index (χ4v) is 2.59. The van der Waals surface area contributed by atoms with Crippen molar-refractivity contribution in [2.45, 2.75) is 6.92 Å². The van der Waals surface area contributed by atoms with E-state index in [1.54, 1.807) is 4.52 Å². The maximum Gasteiger partial charge on any atom is 0.249 e. The molecule has 0 fully saturated rings. The molecule has 3 heterocycles. The summed E-state index contributed by atoms with van der Waals surface area (Å²) in [4.78, 5) is 18.6. The number of pyridine rings is 1. The van der Waals surface area contributed by atoms with Crippen LogP contribution >= 0.6 is 0 Å². The first-order valence-corrected chi connectivity index (χ1v) is 6.91. The molecule has 6 nitrogen and oxygen atoms in total. The Morgan fingerprint density at radius 2 is 2.14 bits per heavy atom. The standard InChI is InChI=1S/C16H13N5O/c1-10(22)18-16-19-15-6-5-11(9-21(15)20-16)12-3-2-4-14-13(12)7-8-17-14/h2-9,17H,1H3,(H,18,20,22). The Kier molecular flexibility index (Phi) is 2.69. The van der Waals surface area contributed by atoms with Crippen LogP contribution in [0.15, 0.2) is 48.8 Å². The second-order valence-corrected chi connectivity index (χ2v) is 5.08. The number of amides is 1. The number of anilines is 1. The van der Waals surface area contributed by atoms with E-state index in [1.165, 1.54) is 6.92 Å². The van der Waals surface area contributed by atoms with Crippen LogP contribution in [0.1, 0.15) is 6.92 Å². The van der Waals surface area contributed by atoms with Crippen LogP contribution < -0.4 is 5.32 Å². The minimum Gasteiger partial charge on any atom is -0.361 e. The maximum atomic E-state index is 11.1. The number of carbonyl (C=O) groups excluding carboxylic acids is 1. The fraction of sp³-hybridized carbons (Fsp3) is 0.0625. The predicted octanol–water partition coefficient (Wildman–Crippen LogP) is 2.84. The van der Waals surface area contributed by atoms with Gasteiger partial charge in [0.1, 0.15) is 0 Å². The summed E-state index contributed by atoms with van der Waals surface area (Å²) in [6.45, 7) is 1.43. The zero-order chi connectivity index (χ0) is 15.1. The summed E-state index contributed by atoms with van der Waals surface area (Å²) in [6, 6.07) is 12.1. The van der Waals surface area contributed by atoms with Crippen LogP contribution in [-0.2, 0) is 4.79 Å². The van der Waals surface area contributed by atoms with Crippen LogP contribution in [0.3, 0.4) is 0 Å². The van der Waals surface area contributed by atoms with Gasteiger partial charge in [0, 0.05) is 35.8 Å². The Morgan fingerprint density at radius 3 is 3.00 bits per heavy atom. The van der Waals surface area contributed by atoms with Crippen molar-refractivity contribution in [1.82, 2.24) is 19.6 Å². The van der Waals surface area contributed by atoms with Crippen LogP contribution in [0, 0.1) is 0 Å². The molecule has 0 aliphatic carbocycles. The van der Waals surface area contributed by atoms with E-state index in [-0.39, 0.29) is 5.91 Å². The molecule has 22 heavy (non-hydrogen) atoms. The molecule has 0 radical (unpaired) electrons. The van der Waals surface area contributed by atoms with Gasteiger partial charge in [-0.25, -0.2) is 4.52 Å². The minimum atomic E-state index is -0.187. The number of H-pyrrole nitrogens is 1. The molecule has 0 atom stereocenters. The number of fused-ring (bicyclic) bond motifs is 2. The molecule has 1 amide bonds. The highest BCUT2D eigenvalue weighted by Gasteiger charge is 2.08. The van der Waals surface area contributed by atoms with E-state index < -0.39 is 0 Å². The average molecular weight is 291 g/mol. The lowest BCUT2D eigenvalue weighted by Crippen LogP contribution is -2.07. The van der Waals surface area contributed by atoms with Gasteiger partial charge in [-0.05, 0) is 29.8 Å². The summed E-state index contributed by atoms with van der Waals surface area (Å²) in [5, 5.41) is 8.02. The lowest BCUT2D eigenvalue weighted by Gasteiger charge is -2.04. The smallest absolute Gasteiger partial charge is 0.249 e. The maximum absolute atomic E-state index is 11.1. The molecule has 4 rings (SSSR count). The Balaban J connectivity index is 1.85. The van der Waals surface area contributed by atoms with Crippen molar-refractivity contribution >= 4 is 28.4 Å². The molecule has 2 N–H and O–H groups in total. The number of aromatic amines is 1. The van der Waals surface area contributed by atoms with Gasteiger partial charge in [-0.15, -0.1) is 5.10 Å². The molecule has 0 aliphatic rings. The van der Waals surface area contributed by atoms with Gasteiger partial charge in [0.25, 0.3) is 0 Å². The third-order valence-electron chi connectivity index (χ3n) is 3.52. The van der Waals surface area contributed by atoms with Crippen LogP contribution in [0.25, 0.3) is 27.7 Å². The zero-order valence-electron chi connectivity index (χ0n) is 11.9. The van der Waals surface area contributed by atoms with E-state index in [2.05, 4.69) is 32.5 Å². The molecular weight excluding hydrogens is 278 g/mol. The SMILES string of the molecule is CC(=O)Nc1nc2ccc(-c3cccc4[nH]ccc34)cn2n1. The van der Waals surface area contributed by atoms with E-state index >= 15 is 0 Å². The van der Waals surface area contributed by atoms with Gasteiger partial charge in [-0.1, -0.05) is 12.1 Å². The molecule has 0 spiro atoms. The minimum absolute atomic E-state index is 0.187. The molecule has 0 bridgehead atoms. The van der Waals surface area contributed by atoms with Gasteiger partial charge in [0.15, 0.2) is 5.65 Å². The Hall–Kier alpha value is -3.15. The van der Waals surface area contributed by atoms with E-state index in [0.29, 0.717) is 11.6 Å². The molecule has 6 heteroatoms. The molecular formula is C16H13N5O. The summed E-state index contributed by atoms with van der Waals surface area (Å²) >= 11 is 0. The van der Waals surface area contributed by atoms with Crippen molar-refractivity contribution in [2.24, 2.45) is 0 Å². The lowest BCUT2D eigenvalue weighted by molar-refractivity contribution is -0.114. The number of benzene rings is 1.